The molecule has 3 heteroatoms. The van der Waals surface area contributed by atoms with Gasteiger partial charge in [0.25, 0.3) is 0 Å². The van der Waals surface area contributed by atoms with Gasteiger partial charge in [-0.25, -0.2) is 0 Å². The van der Waals surface area contributed by atoms with Crippen LogP contribution in [0.1, 0.15) is 28.7 Å². The number of benzene rings is 2. The molecule has 0 spiro atoms. The maximum atomic E-state index is 5.93. The molecule has 21 heavy (non-hydrogen) atoms. The topological polar surface area (TPSA) is 18.5 Å². The zero-order chi connectivity index (χ0) is 14.7. The van der Waals surface area contributed by atoms with E-state index in [2.05, 4.69) is 18.2 Å². The molecule has 110 valence electrons. The monoisotopic (exact) mass is 302 g/mol. The molecule has 0 amide bonds. The first-order valence-electron chi connectivity index (χ1n) is 7.26. The van der Waals surface area contributed by atoms with E-state index in [1.165, 1.54) is 36.0 Å². The number of fused-ring (bicyclic) bond motifs is 1. The van der Waals surface area contributed by atoms with Crippen LogP contribution in [0, 0.1) is 0 Å². The van der Waals surface area contributed by atoms with Crippen molar-refractivity contribution in [1.29, 1.82) is 0 Å². The standard InChI is InChI=1S/C18H19ClO2/c1-20-17-8-6-13(11-19)10-18(17)21-12-14-5-7-15-3-2-4-16(15)9-14/h5-10H,2-4,11-12H2,1H3. The lowest BCUT2D eigenvalue weighted by molar-refractivity contribution is 0.284. The van der Waals surface area contributed by atoms with Gasteiger partial charge in [0.15, 0.2) is 11.5 Å². The van der Waals surface area contributed by atoms with E-state index in [1.54, 1.807) is 7.11 Å². The highest BCUT2D eigenvalue weighted by atomic mass is 35.5. The molecular weight excluding hydrogens is 284 g/mol. The summed E-state index contributed by atoms with van der Waals surface area (Å²) in [5.74, 6) is 1.96. The Balaban J connectivity index is 1.75. The van der Waals surface area contributed by atoms with Crippen molar-refractivity contribution in [2.45, 2.75) is 31.7 Å². The largest absolute Gasteiger partial charge is 0.493 e. The number of alkyl halides is 1. The van der Waals surface area contributed by atoms with Gasteiger partial charge in [-0.3, -0.25) is 0 Å². The first-order valence-corrected chi connectivity index (χ1v) is 7.80. The molecule has 0 N–H and O–H groups in total. The van der Waals surface area contributed by atoms with Crippen LogP contribution in [0.25, 0.3) is 0 Å². The molecule has 0 radical (unpaired) electrons. The van der Waals surface area contributed by atoms with Crippen molar-refractivity contribution in [3.63, 3.8) is 0 Å². The predicted molar refractivity (Wildman–Crippen MR) is 85.4 cm³/mol. The van der Waals surface area contributed by atoms with Gasteiger partial charge in [-0.1, -0.05) is 24.3 Å². The van der Waals surface area contributed by atoms with Gasteiger partial charge < -0.3 is 9.47 Å². The summed E-state index contributed by atoms with van der Waals surface area (Å²) in [5, 5.41) is 0. The van der Waals surface area contributed by atoms with E-state index in [0.29, 0.717) is 12.5 Å². The minimum Gasteiger partial charge on any atom is -0.493 e. The van der Waals surface area contributed by atoms with E-state index in [9.17, 15) is 0 Å². The fraction of sp³-hybridized carbons (Fsp3) is 0.333. The number of halogens is 1. The Labute approximate surface area is 130 Å². The highest BCUT2D eigenvalue weighted by Gasteiger charge is 2.11. The Bertz CT molecular complexity index is 637. The van der Waals surface area contributed by atoms with Crippen LogP contribution in [0.3, 0.4) is 0 Å². The zero-order valence-corrected chi connectivity index (χ0v) is 13.0. The summed E-state index contributed by atoms with van der Waals surface area (Å²) < 4.78 is 11.3. The molecule has 0 bridgehead atoms. The average Bonchev–Trinajstić information content (AvgIpc) is 3.00. The van der Waals surface area contributed by atoms with Gasteiger partial charge in [0.1, 0.15) is 6.61 Å². The molecule has 2 nitrogen and oxygen atoms in total. The van der Waals surface area contributed by atoms with Crippen LogP contribution in [0.4, 0.5) is 0 Å². The molecule has 0 heterocycles. The quantitative estimate of drug-likeness (QED) is 0.757. The Morgan fingerprint density at radius 1 is 0.952 bits per heavy atom. The van der Waals surface area contributed by atoms with Crippen LogP contribution in [-0.4, -0.2) is 7.11 Å². The van der Waals surface area contributed by atoms with Gasteiger partial charge >= 0.3 is 0 Å². The lowest BCUT2D eigenvalue weighted by Gasteiger charge is -2.12. The van der Waals surface area contributed by atoms with Crippen molar-refractivity contribution in [2.75, 3.05) is 7.11 Å². The average molecular weight is 303 g/mol. The molecule has 2 aromatic rings. The smallest absolute Gasteiger partial charge is 0.161 e. The zero-order valence-electron chi connectivity index (χ0n) is 12.2. The van der Waals surface area contributed by atoms with Crippen molar-refractivity contribution in [2.24, 2.45) is 0 Å². The van der Waals surface area contributed by atoms with Crippen LogP contribution < -0.4 is 9.47 Å². The van der Waals surface area contributed by atoms with E-state index in [0.717, 1.165) is 17.1 Å². The third-order valence-corrected chi connectivity index (χ3v) is 4.25. The van der Waals surface area contributed by atoms with E-state index < -0.39 is 0 Å². The molecule has 0 saturated heterocycles. The minimum atomic E-state index is 0.471. The summed E-state index contributed by atoms with van der Waals surface area (Å²) >= 11 is 5.88. The van der Waals surface area contributed by atoms with E-state index in [4.69, 9.17) is 21.1 Å². The molecule has 0 unspecified atom stereocenters. The molecule has 1 aliphatic rings. The first kappa shape index (κ1) is 14.3. The summed E-state index contributed by atoms with van der Waals surface area (Å²) in [7, 11) is 1.65. The van der Waals surface area contributed by atoms with Crippen molar-refractivity contribution >= 4 is 11.6 Å². The van der Waals surface area contributed by atoms with Crippen LogP contribution in [-0.2, 0) is 25.3 Å². The molecule has 0 fully saturated rings. The normalized spacial score (nSPS) is 13.0. The highest BCUT2D eigenvalue weighted by Crippen LogP contribution is 2.30. The fourth-order valence-corrected chi connectivity index (χ4v) is 2.96. The fourth-order valence-electron chi connectivity index (χ4n) is 2.79. The van der Waals surface area contributed by atoms with Crippen LogP contribution in [0.15, 0.2) is 36.4 Å². The summed E-state index contributed by atoms with van der Waals surface area (Å²) in [5.41, 5.74) is 5.19. The molecule has 0 aliphatic heterocycles. The van der Waals surface area contributed by atoms with E-state index in [1.807, 2.05) is 18.2 Å². The number of aryl methyl sites for hydroxylation is 2. The second kappa shape index (κ2) is 6.40. The second-order valence-electron chi connectivity index (χ2n) is 5.36. The molecular formula is C18H19ClO2. The van der Waals surface area contributed by atoms with Crippen molar-refractivity contribution < 1.29 is 9.47 Å². The Morgan fingerprint density at radius 2 is 1.76 bits per heavy atom. The summed E-state index contributed by atoms with van der Waals surface area (Å²) in [6, 6.07) is 12.4. The van der Waals surface area contributed by atoms with E-state index >= 15 is 0 Å². The molecule has 0 saturated carbocycles. The number of hydrogen-bond acceptors (Lipinski definition) is 2. The third-order valence-electron chi connectivity index (χ3n) is 3.94. The Kier molecular flexibility index (Phi) is 4.35. The summed E-state index contributed by atoms with van der Waals surface area (Å²) in [4.78, 5) is 0. The first-order chi connectivity index (χ1) is 10.3. The number of ether oxygens (including phenoxy) is 2. The maximum Gasteiger partial charge on any atom is 0.161 e. The molecule has 0 aromatic heterocycles. The SMILES string of the molecule is COc1ccc(CCl)cc1OCc1ccc2c(c1)CCC2. The summed E-state index contributed by atoms with van der Waals surface area (Å²) in [6.07, 6.45) is 3.67. The lowest BCUT2D eigenvalue weighted by atomic mass is 10.1. The lowest BCUT2D eigenvalue weighted by Crippen LogP contribution is -1.99. The number of rotatable bonds is 5. The highest BCUT2D eigenvalue weighted by molar-refractivity contribution is 6.17. The van der Waals surface area contributed by atoms with Gasteiger partial charge in [0, 0.05) is 5.88 Å². The van der Waals surface area contributed by atoms with E-state index in [-0.39, 0.29) is 0 Å². The maximum absolute atomic E-state index is 5.93. The second-order valence-corrected chi connectivity index (χ2v) is 5.63. The van der Waals surface area contributed by atoms with Gasteiger partial charge in [0.2, 0.25) is 0 Å². The Hall–Kier alpha value is -1.67. The van der Waals surface area contributed by atoms with Crippen LogP contribution >= 0.6 is 11.6 Å². The van der Waals surface area contributed by atoms with Crippen molar-refractivity contribution in [1.82, 2.24) is 0 Å². The molecule has 2 aromatic carbocycles. The van der Waals surface area contributed by atoms with Gasteiger partial charge in [-0.2, -0.15) is 0 Å². The van der Waals surface area contributed by atoms with Crippen LogP contribution in [0.5, 0.6) is 11.5 Å². The molecule has 0 atom stereocenters. The Morgan fingerprint density at radius 3 is 2.57 bits per heavy atom. The number of methoxy groups -OCH3 is 1. The van der Waals surface area contributed by atoms with Gasteiger partial charge in [-0.15, -0.1) is 11.6 Å². The summed E-state index contributed by atoms with van der Waals surface area (Å²) in [6.45, 7) is 0.551. The van der Waals surface area contributed by atoms with Crippen molar-refractivity contribution in [3.05, 3.63) is 58.7 Å². The van der Waals surface area contributed by atoms with Gasteiger partial charge in [0.05, 0.1) is 7.11 Å². The molecule has 1 aliphatic carbocycles. The minimum absolute atomic E-state index is 0.471. The van der Waals surface area contributed by atoms with Crippen LogP contribution in [0.2, 0.25) is 0 Å². The number of hydrogen-bond donors (Lipinski definition) is 0. The van der Waals surface area contributed by atoms with Gasteiger partial charge in [-0.05, 0) is 53.6 Å². The third kappa shape index (κ3) is 3.16. The van der Waals surface area contributed by atoms with Crippen molar-refractivity contribution in [3.8, 4) is 11.5 Å². The molecule has 3 rings (SSSR count). The predicted octanol–water partition coefficient (Wildman–Crippen LogP) is 4.50.